The number of thiocarbonyl (C=S) groups is 1. The van der Waals surface area contributed by atoms with Crippen molar-refractivity contribution < 1.29 is 4.79 Å². The van der Waals surface area contributed by atoms with Gasteiger partial charge in [-0.05, 0) is 41.5 Å². The zero-order chi connectivity index (χ0) is 17.0. The van der Waals surface area contributed by atoms with Gasteiger partial charge in [0.05, 0.1) is 17.1 Å². The quantitative estimate of drug-likeness (QED) is 0.802. The molecular weight excluding hydrogens is 359 g/mol. The third-order valence-corrected chi connectivity index (χ3v) is 3.36. The Hall–Kier alpha value is -1.77. The van der Waals surface area contributed by atoms with Crippen LogP contribution in [-0.2, 0) is 6.54 Å². The van der Waals surface area contributed by atoms with E-state index in [-0.39, 0.29) is 21.6 Å². The molecule has 1 amide bonds. The van der Waals surface area contributed by atoms with Gasteiger partial charge >= 0.3 is 0 Å². The normalized spacial score (nSPS) is 10.7. The summed E-state index contributed by atoms with van der Waals surface area (Å²) in [5.41, 5.74) is 0.261. The molecule has 0 saturated heterocycles. The highest BCUT2D eigenvalue weighted by Gasteiger charge is 2.13. The van der Waals surface area contributed by atoms with Crippen molar-refractivity contribution in [3.63, 3.8) is 0 Å². The maximum absolute atomic E-state index is 12.1. The maximum atomic E-state index is 12.1. The van der Waals surface area contributed by atoms with Crippen molar-refractivity contribution in [3.8, 4) is 0 Å². The first-order valence-corrected chi connectivity index (χ1v) is 7.86. The molecule has 2 aromatic rings. The fraction of sp³-hybridized carbons (Fsp3) is 0.308. The summed E-state index contributed by atoms with van der Waals surface area (Å²) in [6, 6.07) is 4.56. The highest BCUT2D eigenvalue weighted by molar-refractivity contribution is 7.80. The fourth-order valence-electron chi connectivity index (χ4n) is 1.67. The van der Waals surface area contributed by atoms with Crippen molar-refractivity contribution in [1.82, 2.24) is 25.5 Å². The smallest absolute Gasteiger partial charge is 0.269 e. The number of tetrazole rings is 1. The molecule has 1 heterocycles. The summed E-state index contributed by atoms with van der Waals surface area (Å²) in [7, 11) is 0. The number of benzene rings is 1. The van der Waals surface area contributed by atoms with Crippen LogP contribution >= 0.6 is 35.4 Å². The molecule has 1 aromatic heterocycles. The van der Waals surface area contributed by atoms with Crippen molar-refractivity contribution in [3.05, 3.63) is 33.8 Å². The first kappa shape index (κ1) is 17.6. The Morgan fingerprint density at radius 2 is 2.13 bits per heavy atom. The number of hydrogen-bond acceptors (Lipinski definition) is 5. The molecular formula is C13H14Cl2N6OS. The molecule has 122 valence electrons. The van der Waals surface area contributed by atoms with E-state index in [4.69, 9.17) is 35.4 Å². The highest BCUT2D eigenvalue weighted by atomic mass is 35.5. The summed E-state index contributed by atoms with van der Waals surface area (Å²) in [6.45, 7) is 4.71. The monoisotopic (exact) mass is 372 g/mol. The SMILES string of the molecule is CC(C)Cn1nnc(NC(=S)NC(=O)c2ccc(Cl)cc2Cl)n1. The predicted octanol–water partition coefficient (Wildman–Crippen LogP) is 2.76. The van der Waals surface area contributed by atoms with E-state index < -0.39 is 5.91 Å². The highest BCUT2D eigenvalue weighted by Crippen LogP contribution is 2.20. The molecule has 0 fully saturated rings. The molecule has 0 radical (unpaired) electrons. The number of nitrogens with zero attached hydrogens (tertiary/aromatic N) is 4. The van der Waals surface area contributed by atoms with E-state index in [1.807, 2.05) is 13.8 Å². The lowest BCUT2D eigenvalue weighted by Crippen LogP contribution is -2.34. The minimum Gasteiger partial charge on any atom is -0.299 e. The van der Waals surface area contributed by atoms with Gasteiger partial charge in [0.2, 0.25) is 0 Å². The van der Waals surface area contributed by atoms with Gasteiger partial charge in [-0.3, -0.25) is 15.4 Å². The molecule has 23 heavy (non-hydrogen) atoms. The largest absolute Gasteiger partial charge is 0.299 e. The number of aromatic nitrogens is 4. The topological polar surface area (TPSA) is 84.7 Å². The number of hydrogen-bond donors (Lipinski definition) is 2. The summed E-state index contributed by atoms with van der Waals surface area (Å²) in [4.78, 5) is 13.6. The molecule has 0 aliphatic rings. The number of anilines is 1. The average molecular weight is 373 g/mol. The van der Waals surface area contributed by atoms with E-state index in [2.05, 4.69) is 26.0 Å². The van der Waals surface area contributed by atoms with E-state index >= 15 is 0 Å². The van der Waals surface area contributed by atoms with Gasteiger partial charge in [0.25, 0.3) is 11.9 Å². The summed E-state index contributed by atoms with van der Waals surface area (Å²) in [6.07, 6.45) is 0. The first-order chi connectivity index (χ1) is 10.8. The Labute approximate surface area is 148 Å². The van der Waals surface area contributed by atoms with Crippen LogP contribution in [0.5, 0.6) is 0 Å². The van der Waals surface area contributed by atoms with Gasteiger partial charge in [-0.2, -0.15) is 4.80 Å². The molecule has 2 rings (SSSR count). The lowest BCUT2D eigenvalue weighted by molar-refractivity contribution is 0.0978. The molecule has 7 nitrogen and oxygen atoms in total. The molecule has 2 N–H and O–H groups in total. The summed E-state index contributed by atoms with van der Waals surface area (Å²) >= 11 is 16.8. The van der Waals surface area contributed by atoms with Crippen LogP contribution in [0.15, 0.2) is 18.2 Å². The number of nitrogens with one attached hydrogen (secondary N) is 2. The summed E-state index contributed by atoms with van der Waals surface area (Å²) in [5.74, 6) is 0.132. The van der Waals surface area contributed by atoms with Crippen molar-refractivity contribution in [2.75, 3.05) is 5.32 Å². The Bertz CT molecular complexity index is 733. The van der Waals surface area contributed by atoms with Crippen LogP contribution in [0.25, 0.3) is 0 Å². The van der Waals surface area contributed by atoms with Gasteiger partial charge in [-0.1, -0.05) is 42.1 Å². The molecule has 0 bridgehead atoms. The Kier molecular flexibility index (Phi) is 5.86. The molecule has 0 aliphatic heterocycles. The van der Waals surface area contributed by atoms with Crippen LogP contribution in [0.3, 0.4) is 0 Å². The summed E-state index contributed by atoms with van der Waals surface area (Å²) < 4.78 is 0. The van der Waals surface area contributed by atoms with Crippen molar-refractivity contribution in [2.24, 2.45) is 5.92 Å². The third-order valence-electron chi connectivity index (χ3n) is 2.61. The predicted molar refractivity (Wildman–Crippen MR) is 92.8 cm³/mol. The number of rotatable bonds is 4. The lowest BCUT2D eigenvalue weighted by Gasteiger charge is -2.08. The van der Waals surface area contributed by atoms with Gasteiger partial charge in [0, 0.05) is 5.02 Å². The number of halogens is 2. The fourth-order valence-corrected chi connectivity index (χ4v) is 2.35. The molecule has 0 saturated carbocycles. The molecule has 10 heteroatoms. The first-order valence-electron chi connectivity index (χ1n) is 6.70. The van der Waals surface area contributed by atoms with Gasteiger partial charge in [-0.15, -0.1) is 5.10 Å². The van der Waals surface area contributed by atoms with Gasteiger partial charge in [0.1, 0.15) is 0 Å². The third kappa shape index (κ3) is 5.12. The van der Waals surface area contributed by atoms with E-state index in [1.54, 1.807) is 6.07 Å². The zero-order valence-electron chi connectivity index (χ0n) is 12.4. The minimum atomic E-state index is -0.460. The minimum absolute atomic E-state index is 0.0464. The molecule has 0 unspecified atom stereocenters. The van der Waals surface area contributed by atoms with Crippen LogP contribution in [0.2, 0.25) is 10.0 Å². The Morgan fingerprint density at radius 3 is 2.78 bits per heavy atom. The number of amides is 1. The van der Waals surface area contributed by atoms with E-state index in [9.17, 15) is 4.79 Å². The van der Waals surface area contributed by atoms with Crippen molar-refractivity contribution in [2.45, 2.75) is 20.4 Å². The molecule has 1 aromatic carbocycles. The summed E-state index contributed by atoms with van der Waals surface area (Å²) in [5, 5.41) is 17.7. The number of carbonyl (C=O) groups is 1. The van der Waals surface area contributed by atoms with E-state index in [0.29, 0.717) is 17.5 Å². The van der Waals surface area contributed by atoms with Crippen LogP contribution < -0.4 is 10.6 Å². The molecule has 0 aliphatic carbocycles. The maximum Gasteiger partial charge on any atom is 0.269 e. The van der Waals surface area contributed by atoms with Gasteiger partial charge in [-0.25, -0.2) is 0 Å². The van der Waals surface area contributed by atoms with Crippen LogP contribution in [0.1, 0.15) is 24.2 Å². The zero-order valence-corrected chi connectivity index (χ0v) is 14.7. The van der Waals surface area contributed by atoms with Crippen molar-refractivity contribution >= 4 is 52.4 Å². The standard InChI is InChI=1S/C13H14Cl2N6OS/c1-7(2)6-21-19-12(18-20-21)17-13(23)16-11(22)9-4-3-8(14)5-10(9)15/h3-5,7H,6H2,1-2H3,(H2,16,17,19,22,23). The van der Waals surface area contributed by atoms with Gasteiger partial charge < -0.3 is 0 Å². The van der Waals surface area contributed by atoms with Crippen LogP contribution in [0, 0.1) is 5.92 Å². The Morgan fingerprint density at radius 1 is 1.39 bits per heavy atom. The second-order valence-corrected chi connectivity index (χ2v) is 6.35. The van der Waals surface area contributed by atoms with Crippen LogP contribution in [-0.4, -0.2) is 31.2 Å². The lowest BCUT2D eigenvalue weighted by atomic mass is 10.2. The van der Waals surface area contributed by atoms with E-state index in [1.165, 1.54) is 16.9 Å². The Balaban J connectivity index is 1.96. The molecule has 0 spiro atoms. The van der Waals surface area contributed by atoms with Crippen LogP contribution in [0.4, 0.5) is 5.95 Å². The van der Waals surface area contributed by atoms with Gasteiger partial charge in [0.15, 0.2) is 5.11 Å². The second kappa shape index (κ2) is 7.67. The average Bonchev–Trinajstić information content (AvgIpc) is 2.84. The van der Waals surface area contributed by atoms with Crippen molar-refractivity contribution in [1.29, 1.82) is 0 Å². The van der Waals surface area contributed by atoms with E-state index in [0.717, 1.165) is 0 Å². The number of carbonyl (C=O) groups excluding carboxylic acids is 1. The molecule has 0 atom stereocenters. The second-order valence-electron chi connectivity index (χ2n) is 5.09.